The molecule has 1 aliphatic heterocycles. The molecular formula is C14H18BrClN2O. The summed E-state index contributed by atoms with van der Waals surface area (Å²) < 4.78 is 0.809. The van der Waals surface area contributed by atoms with Gasteiger partial charge in [0.25, 0.3) is 0 Å². The number of nitrogens with one attached hydrogen (secondary N) is 2. The van der Waals surface area contributed by atoms with Gasteiger partial charge in [0, 0.05) is 16.0 Å². The molecule has 3 nitrogen and oxygen atoms in total. The highest BCUT2D eigenvalue weighted by molar-refractivity contribution is 9.10. The van der Waals surface area contributed by atoms with Gasteiger partial charge in [-0.15, -0.1) is 0 Å². The molecule has 0 aliphatic carbocycles. The van der Waals surface area contributed by atoms with E-state index in [9.17, 15) is 4.79 Å². The average molecular weight is 346 g/mol. The Labute approximate surface area is 127 Å². The molecule has 1 saturated heterocycles. The molecule has 1 amide bonds. The third-order valence-electron chi connectivity index (χ3n) is 3.81. The summed E-state index contributed by atoms with van der Waals surface area (Å²) >= 11 is 9.33. The van der Waals surface area contributed by atoms with Crippen LogP contribution in [0.15, 0.2) is 22.7 Å². The van der Waals surface area contributed by atoms with Crippen molar-refractivity contribution in [2.45, 2.75) is 26.2 Å². The van der Waals surface area contributed by atoms with E-state index < -0.39 is 0 Å². The molecule has 0 aromatic heterocycles. The lowest BCUT2D eigenvalue weighted by Crippen LogP contribution is -2.47. The maximum Gasteiger partial charge on any atom is 0.231 e. The molecule has 1 unspecified atom stereocenters. The fraction of sp³-hybridized carbons (Fsp3) is 0.500. The lowest BCUT2D eigenvalue weighted by atomic mass is 9.77. The molecule has 0 saturated carbocycles. The number of carbonyl (C=O) groups excluding carboxylic acids is 1. The van der Waals surface area contributed by atoms with Crippen molar-refractivity contribution in [3.8, 4) is 0 Å². The topological polar surface area (TPSA) is 41.1 Å². The summed E-state index contributed by atoms with van der Waals surface area (Å²) in [4.78, 5) is 12.6. The van der Waals surface area contributed by atoms with Gasteiger partial charge in [-0.25, -0.2) is 0 Å². The van der Waals surface area contributed by atoms with Crippen molar-refractivity contribution in [1.29, 1.82) is 0 Å². The van der Waals surface area contributed by atoms with Gasteiger partial charge in [0.2, 0.25) is 5.91 Å². The molecule has 1 aromatic carbocycles. The van der Waals surface area contributed by atoms with Crippen LogP contribution in [0.5, 0.6) is 0 Å². The largest absolute Gasteiger partial charge is 0.325 e. The minimum Gasteiger partial charge on any atom is -0.325 e. The third kappa shape index (κ3) is 3.30. The Morgan fingerprint density at radius 1 is 1.58 bits per heavy atom. The number of amides is 1. The van der Waals surface area contributed by atoms with Crippen LogP contribution in [0.1, 0.15) is 26.2 Å². The summed E-state index contributed by atoms with van der Waals surface area (Å²) in [6.07, 6.45) is 2.83. The maximum absolute atomic E-state index is 12.6. The van der Waals surface area contributed by atoms with Crippen LogP contribution >= 0.6 is 27.5 Å². The first-order valence-corrected chi connectivity index (χ1v) is 7.72. The van der Waals surface area contributed by atoms with E-state index in [0.717, 1.165) is 42.5 Å². The highest BCUT2D eigenvalue weighted by Crippen LogP contribution is 2.33. The fourth-order valence-corrected chi connectivity index (χ4v) is 3.25. The van der Waals surface area contributed by atoms with Crippen molar-refractivity contribution < 1.29 is 4.79 Å². The van der Waals surface area contributed by atoms with Crippen molar-refractivity contribution in [3.05, 3.63) is 27.7 Å². The normalized spacial score (nSPS) is 23.1. The summed E-state index contributed by atoms with van der Waals surface area (Å²) in [5, 5.41) is 6.99. The van der Waals surface area contributed by atoms with Crippen LogP contribution in [-0.4, -0.2) is 19.0 Å². The number of halogens is 2. The zero-order valence-electron chi connectivity index (χ0n) is 10.9. The maximum atomic E-state index is 12.6. The van der Waals surface area contributed by atoms with Gasteiger partial charge in [-0.3, -0.25) is 4.79 Å². The molecule has 0 radical (unpaired) electrons. The van der Waals surface area contributed by atoms with Crippen LogP contribution < -0.4 is 10.6 Å². The predicted octanol–water partition coefficient (Wildman–Crippen LogP) is 3.82. The number of piperidine rings is 1. The summed E-state index contributed by atoms with van der Waals surface area (Å²) in [6.45, 7) is 3.82. The van der Waals surface area contributed by atoms with Gasteiger partial charge in [-0.05, 0) is 59.9 Å². The Kier molecular flexibility index (Phi) is 4.87. The summed E-state index contributed by atoms with van der Waals surface area (Å²) in [5.74, 6) is 0.0882. The lowest BCUT2D eigenvalue weighted by molar-refractivity contribution is -0.126. The number of hydrogen-bond acceptors (Lipinski definition) is 2. The molecule has 0 spiro atoms. The molecular weight excluding hydrogens is 328 g/mol. The number of anilines is 1. The number of hydrogen-bond donors (Lipinski definition) is 2. The van der Waals surface area contributed by atoms with Gasteiger partial charge in [-0.2, -0.15) is 0 Å². The van der Waals surface area contributed by atoms with Crippen LogP contribution in [0, 0.1) is 5.41 Å². The lowest BCUT2D eigenvalue weighted by Gasteiger charge is -2.35. The fourth-order valence-electron chi connectivity index (χ4n) is 2.47. The van der Waals surface area contributed by atoms with Crippen LogP contribution in [0.2, 0.25) is 5.02 Å². The molecule has 1 aromatic rings. The van der Waals surface area contributed by atoms with Crippen molar-refractivity contribution in [1.82, 2.24) is 5.32 Å². The van der Waals surface area contributed by atoms with Gasteiger partial charge < -0.3 is 10.6 Å². The first-order valence-electron chi connectivity index (χ1n) is 6.54. The van der Waals surface area contributed by atoms with E-state index in [1.807, 2.05) is 6.07 Å². The van der Waals surface area contributed by atoms with E-state index in [4.69, 9.17) is 11.6 Å². The van der Waals surface area contributed by atoms with Crippen LogP contribution in [0.4, 0.5) is 5.69 Å². The molecule has 1 heterocycles. The van der Waals surface area contributed by atoms with Crippen LogP contribution in [-0.2, 0) is 4.79 Å². The Balaban J connectivity index is 2.15. The van der Waals surface area contributed by atoms with Gasteiger partial charge in [0.1, 0.15) is 0 Å². The molecule has 5 heteroatoms. The van der Waals surface area contributed by atoms with E-state index in [-0.39, 0.29) is 11.3 Å². The zero-order valence-corrected chi connectivity index (χ0v) is 13.3. The first kappa shape index (κ1) is 14.8. The van der Waals surface area contributed by atoms with Crippen molar-refractivity contribution >= 4 is 39.1 Å². The van der Waals surface area contributed by atoms with E-state index in [0.29, 0.717) is 5.02 Å². The number of rotatable bonds is 3. The molecule has 0 bridgehead atoms. The van der Waals surface area contributed by atoms with E-state index in [2.05, 4.69) is 33.5 Å². The van der Waals surface area contributed by atoms with E-state index in [1.165, 1.54) is 0 Å². The van der Waals surface area contributed by atoms with Crippen molar-refractivity contribution in [2.24, 2.45) is 5.41 Å². The molecule has 104 valence electrons. The van der Waals surface area contributed by atoms with Crippen molar-refractivity contribution in [2.75, 3.05) is 18.4 Å². The van der Waals surface area contributed by atoms with Crippen LogP contribution in [0.25, 0.3) is 0 Å². The smallest absolute Gasteiger partial charge is 0.231 e. The highest BCUT2D eigenvalue weighted by Gasteiger charge is 2.37. The standard InChI is InChI=1S/C14H18BrClN2O/c1-2-14(6-3-7-17-9-14)13(19)18-12-5-4-10(16)8-11(12)15/h4-5,8,17H,2-3,6-7,9H2,1H3,(H,18,19). The second kappa shape index (κ2) is 6.25. The van der Waals surface area contributed by atoms with Gasteiger partial charge >= 0.3 is 0 Å². The van der Waals surface area contributed by atoms with Gasteiger partial charge in [-0.1, -0.05) is 18.5 Å². The van der Waals surface area contributed by atoms with E-state index in [1.54, 1.807) is 12.1 Å². The quantitative estimate of drug-likeness (QED) is 0.874. The minimum atomic E-state index is -0.294. The number of carbonyl (C=O) groups is 1. The average Bonchev–Trinajstić information content (AvgIpc) is 2.42. The summed E-state index contributed by atoms with van der Waals surface area (Å²) in [5.41, 5.74) is 0.477. The monoisotopic (exact) mass is 344 g/mol. The second-order valence-electron chi connectivity index (χ2n) is 4.99. The molecule has 2 rings (SSSR count). The third-order valence-corrected chi connectivity index (χ3v) is 4.70. The van der Waals surface area contributed by atoms with E-state index >= 15 is 0 Å². The van der Waals surface area contributed by atoms with Crippen LogP contribution in [0.3, 0.4) is 0 Å². The first-order chi connectivity index (χ1) is 9.07. The Morgan fingerprint density at radius 3 is 2.95 bits per heavy atom. The molecule has 1 atom stereocenters. The Hall–Kier alpha value is -0.580. The van der Waals surface area contributed by atoms with Gasteiger partial charge in [0.05, 0.1) is 11.1 Å². The summed E-state index contributed by atoms with van der Waals surface area (Å²) in [6, 6.07) is 5.39. The molecule has 1 aliphatic rings. The Morgan fingerprint density at radius 2 is 2.37 bits per heavy atom. The van der Waals surface area contributed by atoms with Gasteiger partial charge in [0.15, 0.2) is 0 Å². The minimum absolute atomic E-state index is 0.0882. The number of benzene rings is 1. The molecule has 2 N–H and O–H groups in total. The molecule has 1 fully saturated rings. The predicted molar refractivity (Wildman–Crippen MR) is 82.6 cm³/mol. The second-order valence-corrected chi connectivity index (χ2v) is 6.28. The summed E-state index contributed by atoms with van der Waals surface area (Å²) in [7, 11) is 0. The van der Waals surface area contributed by atoms with Crippen molar-refractivity contribution in [3.63, 3.8) is 0 Å². The molecule has 19 heavy (non-hydrogen) atoms. The Bertz CT molecular complexity index is 473. The SMILES string of the molecule is CCC1(C(=O)Nc2ccc(Cl)cc2Br)CCCNC1. The highest BCUT2D eigenvalue weighted by atomic mass is 79.9. The zero-order chi connectivity index (χ0) is 13.9.